The van der Waals surface area contributed by atoms with Gasteiger partial charge in [0.1, 0.15) is 13.2 Å². The fraction of sp³-hybridized carbons (Fsp3) is 0.100. The van der Waals surface area contributed by atoms with E-state index >= 15 is 0 Å². The number of para-hydroxylation sites is 2. The predicted octanol–water partition coefficient (Wildman–Crippen LogP) is 5.17. The van der Waals surface area contributed by atoms with Gasteiger partial charge in [0.05, 0.1) is 11.0 Å². The van der Waals surface area contributed by atoms with Crippen LogP contribution in [0, 0.1) is 0 Å². The first-order valence-corrected chi connectivity index (χ1v) is 9.29. The van der Waals surface area contributed by atoms with Crippen LogP contribution in [0.3, 0.4) is 0 Å². The van der Waals surface area contributed by atoms with Crippen molar-refractivity contribution in [2.24, 2.45) is 0 Å². The molecule has 2 aromatic carbocycles. The zero-order valence-corrected chi connectivity index (χ0v) is 14.8. The molecular formula is C20H16N2O3P+. The van der Waals surface area contributed by atoms with Crippen molar-refractivity contribution in [2.75, 3.05) is 0 Å². The minimum Gasteiger partial charge on any atom is -0.256 e. The Balaban J connectivity index is 1.41. The molecule has 0 saturated heterocycles. The number of nitrogens with zero attached hydrogens (tertiary/aromatic N) is 2. The molecule has 2 aromatic heterocycles. The summed E-state index contributed by atoms with van der Waals surface area (Å²) < 4.78 is 22.9. The van der Waals surface area contributed by atoms with Crippen molar-refractivity contribution in [1.82, 2.24) is 9.97 Å². The molecule has 4 rings (SSSR count). The van der Waals surface area contributed by atoms with Gasteiger partial charge in [0.15, 0.2) is 0 Å². The second-order valence-corrected chi connectivity index (χ2v) is 6.72. The molecule has 2 heterocycles. The summed E-state index contributed by atoms with van der Waals surface area (Å²) in [4.78, 5) is 8.73. The van der Waals surface area contributed by atoms with Gasteiger partial charge in [-0.05, 0) is 12.1 Å². The number of pyridine rings is 2. The highest BCUT2D eigenvalue weighted by atomic mass is 31.1. The Morgan fingerprint density at radius 2 is 1.15 bits per heavy atom. The Hall–Kier alpha value is -2.72. The summed E-state index contributed by atoms with van der Waals surface area (Å²) in [6.45, 7) is 0.356. The smallest absolute Gasteiger partial charge is 0.256 e. The standard InChI is InChI=1S/C20H16N2O3P/c23-26(24-13-17-7-1-5-15-9-3-11-21-19(15)17)25-14-18-8-2-6-16-10-4-12-22-20(16)18/h1-12H,13-14H2/q+1. The summed E-state index contributed by atoms with van der Waals surface area (Å²) in [7, 11) is -2.24. The van der Waals surface area contributed by atoms with E-state index in [4.69, 9.17) is 9.05 Å². The van der Waals surface area contributed by atoms with E-state index in [0.29, 0.717) is 0 Å². The van der Waals surface area contributed by atoms with Gasteiger partial charge in [0.2, 0.25) is 0 Å². The quantitative estimate of drug-likeness (QED) is 0.442. The van der Waals surface area contributed by atoms with Crippen LogP contribution in [0.25, 0.3) is 21.8 Å². The average molecular weight is 363 g/mol. The first kappa shape index (κ1) is 16.7. The molecule has 0 bridgehead atoms. The Kier molecular flexibility index (Phi) is 4.93. The lowest BCUT2D eigenvalue weighted by atomic mass is 10.1. The second kappa shape index (κ2) is 7.67. The SMILES string of the molecule is O=[P+](OCc1cccc2cccnc12)OCc1cccc2cccnc12. The lowest BCUT2D eigenvalue weighted by Gasteiger charge is -2.02. The lowest BCUT2D eigenvalue weighted by Crippen LogP contribution is -1.93. The Bertz CT molecular complexity index is 989. The summed E-state index contributed by atoms with van der Waals surface area (Å²) >= 11 is 0. The molecule has 0 aliphatic rings. The molecule has 0 N–H and O–H groups in total. The van der Waals surface area contributed by atoms with Crippen LogP contribution >= 0.6 is 8.25 Å². The van der Waals surface area contributed by atoms with E-state index in [1.165, 1.54) is 0 Å². The van der Waals surface area contributed by atoms with E-state index in [1.807, 2.05) is 60.7 Å². The molecule has 0 aliphatic heterocycles. The molecule has 26 heavy (non-hydrogen) atoms. The number of hydrogen-bond donors (Lipinski definition) is 0. The summed E-state index contributed by atoms with van der Waals surface area (Å²) in [5.74, 6) is 0. The number of fused-ring (bicyclic) bond motifs is 2. The van der Waals surface area contributed by atoms with Crippen LogP contribution in [0.15, 0.2) is 73.1 Å². The van der Waals surface area contributed by atoms with Crippen LogP contribution in [-0.4, -0.2) is 9.97 Å². The highest BCUT2D eigenvalue weighted by Gasteiger charge is 2.22. The molecule has 6 heteroatoms. The molecule has 4 aromatic rings. The fourth-order valence-corrected chi connectivity index (χ4v) is 3.41. The maximum absolute atomic E-state index is 12.1. The predicted molar refractivity (Wildman–Crippen MR) is 101 cm³/mol. The van der Waals surface area contributed by atoms with Gasteiger partial charge < -0.3 is 0 Å². The van der Waals surface area contributed by atoms with Crippen molar-refractivity contribution < 1.29 is 13.6 Å². The van der Waals surface area contributed by atoms with Crippen LogP contribution < -0.4 is 0 Å². The Morgan fingerprint density at radius 1 is 0.692 bits per heavy atom. The maximum Gasteiger partial charge on any atom is 0.698 e. The summed E-state index contributed by atoms with van der Waals surface area (Å²) in [5.41, 5.74) is 3.44. The molecule has 0 radical (unpaired) electrons. The molecule has 0 saturated carbocycles. The van der Waals surface area contributed by atoms with Gasteiger partial charge >= 0.3 is 8.25 Å². The van der Waals surface area contributed by atoms with Gasteiger partial charge in [-0.1, -0.05) is 48.5 Å². The molecule has 0 aliphatic carbocycles. The van der Waals surface area contributed by atoms with Crippen LogP contribution in [0.5, 0.6) is 0 Å². The third kappa shape index (κ3) is 3.60. The molecular weight excluding hydrogens is 347 g/mol. The van der Waals surface area contributed by atoms with Gasteiger partial charge in [0.25, 0.3) is 0 Å². The van der Waals surface area contributed by atoms with Gasteiger partial charge in [-0.2, -0.15) is 0 Å². The van der Waals surface area contributed by atoms with Crippen molar-refractivity contribution in [3.63, 3.8) is 0 Å². The second-order valence-electron chi connectivity index (χ2n) is 5.75. The summed E-state index contributed by atoms with van der Waals surface area (Å²) in [5, 5.41) is 2.04. The third-order valence-electron chi connectivity index (χ3n) is 4.08. The first-order valence-electron chi connectivity index (χ1n) is 8.19. The van der Waals surface area contributed by atoms with Crippen LogP contribution in [-0.2, 0) is 26.8 Å². The zero-order valence-electron chi connectivity index (χ0n) is 13.9. The van der Waals surface area contributed by atoms with Crippen LogP contribution in [0.1, 0.15) is 11.1 Å². The van der Waals surface area contributed by atoms with E-state index < -0.39 is 8.25 Å². The van der Waals surface area contributed by atoms with Crippen LogP contribution in [0.4, 0.5) is 0 Å². The van der Waals surface area contributed by atoms with E-state index in [-0.39, 0.29) is 13.2 Å². The number of hydrogen-bond acceptors (Lipinski definition) is 5. The molecule has 0 unspecified atom stereocenters. The number of benzene rings is 2. The zero-order chi connectivity index (χ0) is 17.8. The van der Waals surface area contributed by atoms with E-state index in [0.717, 1.165) is 32.9 Å². The lowest BCUT2D eigenvalue weighted by molar-refractivity contribution is 0.214. The highest BCUT2D eigenvalue weighted by molar-refractivity contribution is 7.33. The van der Waals surface area contributed by atoms with Crippen molar-refractivity contribution in [3.05, 3.63) is 84.2 Å². The molecule has 5 nitrogen and oxygen atoms in total. The minimum atomic E-state index is -2.24. The monoisotopic (exact) mass is 363 g/mol. The Labute approximate surface area is 151 Å². The van der Waals surface area contributed by atoms with Gasteiger partial charge in [-0.15, -0.1) is 9.05 Å². The normalized spacial score (nSPS) is 11.1. The molecule has 0 atom stereocenters. The van der Waals surface area contributed by atoms with Crippen molar-refractivity contribution in [1.29, 1.82) is 0 Å². The third-order valence-corrected chi connectivity index (χ3v) is 4.76. The van der Waals surface area contributed by atoms with Crippen molar-refractivity contribution in [3.8, 4) is 0 Å². The highest BCUT2D eigenvalue weighted by Crippen LogP contribution is 2.30. The van der Waals surface area contributed by atoms with Crippen molar-refractivity contribution >= 4 is 30.1 Å². The molecule has 0 spiro atoms. The van der Waals surface area contributed by atoms with E-state index in [2.05, 4.69) is 9.97 Å². The Morgan fingerprint density at radius 3 is 1.65 bits per heavy atom. The van der Waals surface area contributed by atoms with E-state index in [1.54, 1.807) is 12.4 Å². The number of aromatic nitrogens is 2. The topological polar surface area (TPSA) is 61.3 Å². The maximum atomic E-state index is 12.1. The van der Waals surface area contributed by atoms with E-state index in [9.17, 15) is 4.57 Å². The summed E-state index contributed by atoms with van der Waals surface area (Å²) in [6, 6.07) is 19.4. The molecule has 0 fully saturated rings. The van der Waals surface area contributed by atoms with Gasteiger partial charge in [-0.3, -0.25) is 9.97 Å². The molecule has 0 amide bonds. The van der Waals surface area contributed by atoms with Gasteiger partial charge in [-0.25, -0.2) is 0 Å². The minimum absolute atomic E-state index is 0.178. The number of rotatable bonds is 6. The molecule has 128 valence electrons. The average Bonchev–Trinajstić information content (AvgIpc) is 2.70. The van der Waals surface area contributed by atoms with Crippen molar-refractivity contribution in [2.45, 2.75) is 13.2 Å². The summed E-state index contributed by atoms with van der Waals surface area (Å²) in [6.07, 6.45) is 3.46. The van der Waals surface area contributed by atoms with Crippen LogP contribution in [0.2, 0.25) is 0 Å². The first-order chi connectivity index (χ1) is 12.8. The largest absolute Gasteiger partial charge is 0.698 e. The van der Waals surface area contributed by atoms with Gasteiger partial charge in [0, 0.05) is 38.9 Å². The fourth-order valence-electron chi connectivity index (χ4n) is 2.85.